The molecule has 1 N–H and O–H groups in total. The minimum absolute atomic E-state index is 1.25. The second-order valence-corrected chi connectivity index (χ2v) is 5.80. The zero-order valence-electron chi connectivity index (χ0n) is 11.7. The van der Waals surface area contributed by atoms with E-state index in [4.69, 9.17) is 4.55 Å². The van der Waals surface area contributed by atoms with E-state index in [-0.39, 0.29) is 0 Å². The Labute approximate surface area is 141 Å². The van der Waals surface area contributed by atoms with Gasteiger partial charge in [0.2, 0.25) is 0 Å². The Morgan fingerprint density at radius 2 is 0.893 bits per heavy atom. The predicted molar refractivity (Wildman–Crippen MR) is 49.5 cm³/mol. The number of hydrogen-bond acceptors (Lipinski definition) is 4. The highest BCUT2D eigenvalue weighted by Crippen LogP contribution is 2.54. The zero-order valence-corrected chi connectivity index (χ0v) is 12.5. The maximum Gasteiger partial charge on any atom is 0.483 e. The first-order chi connectivity index (χ1) is 11.7. The predicted octanol–water partition coefficient (Wildman–Crippen LogP) is 4.07. The molecule has 0 aromatic carbocycles. The van der Waals surface area contributed by atoms with E-state index in [2.05, 4.69) is 0 Å². The van der Waals surface area contributed by atoms with Crippen molar-refractivity contribution in [2.24, 2.45) is 0 Å². The number of halogens is 15. The molecule has 0 radical (unpaired) electrons. The summed E-state index contributed by atoms with van der Waals surface area (Å²) in [6, 6.07) is 0. The van der Waals surface area contributed by atoms with Gasteiger partial charge in [0, 0.05) is 0 Å². The van der Waals surface area contributed by atoms with Crippen LogP contribution in [0.3, 0.4) is 0 Å². The molecule has 21 heteroatoms. The molecular weight excluding hydrogens is 481 g/mol. The van der Waals surface area contributed by atoms with Crippen LogP contribution in [0, 0.1) is 0 Å². The SMILES string of the molecule is O=S(=O)(O)C(F)(F)C(F)(F)OC(F)(F)C(F)(OC(F)(F)C(F)(F)F)C(F)(F)F. The average Bonchev–Trinajstić information content (AvgIpc) is 2.31. The quantitative estimate of drug-likeness (QED) is 0.438. The first kappa shape index (κ1) is 26.8. The van der Waals surface area contributed by atoms with Gasteiger partial charge in [-0.3, -0.25) is 9.29 Å². The highest BCUT2D eigenvalue weighted by molar-refractivity contribution is 7.86. The van der Waals surface area contributed by atoms with Crippen molar-refractivity contribution in [3.8, 4) is 0 Å². The smallest absolute Gasteiger partial charge is 0.281 e. The van der Waals surface area contributed by atoms with Crippen molar-refractivity contribution < 1.29 is 88.3 Å². The fourth-order valence-electron chi connectivity index (χ4n) is 0.953. The van der Waals surface area contributed by atoms with E-state index in [1.165, 1.54) is 9.47 Å². The summed E-state index contributed by atoms with van der Waals surface area (Å²) in [5.41, 5.74) is 0. The van der Waals surface area contributed by atoms with E-state index < -0.39 is 51.9 Å². The van der Waals surface area contributed by atoms with E-state index >= 15 is 0 Å². The second kappa shape index (κ2) is 6.65. The topological polar surface area (TPSA) is 72.8 Å². The minimum Gasteiger partial charge on any atom is -0.281 e. The highest BCUT2D eigenvalue weighted by Gasteiger charge is 2.83. The lowest BCUT2D eigenvalue weighted by Gasteiger charge is -2.38. The van der Waals surface area contributed by atoms with Crippen LogP contribution in [0.4, 0.5) is 65.9 Å². The molecule has 0 saturated carbocycles. The third kappa shape index (κ3) is 4.50. The fourth-order valence-corrected chi connectivity index (χ4v) is 1.29. The monoisotopic (exact) mass is 482 g/mol. The lowest BCUT2D eigenvalue weighted by Crippen LogP contribution is -2.65. The molecule has 0 aromatic rings. The van der Waals surface area contributed by atoms with Crippen LogP contribution in [0.1, 0.15) is 0 Å². The van der Waals surface area contributed by atoms with Gasteiger partial charge in [0.1, 0.15) is 0 Å². The molecular formula is C7HF15O5S. The van der Waals surface area contributed by atoms with E-state index in [0.29, 0.717) is 0 Å². The summed E-state index contributed by atoms with van der Waals surface area (Å²) < 4.78 is 217. The normalized spacial score (nSPS) is 18.1. The van der Waals surface area contributed by atoms with Crippen LogP contribution in [-0.4, -0.2) is 54.8 Å². The van der Waals surface area contributed by atoms with Gasteiger partial charge in [-0.2, -0.15) is 74.3 Å². The molecule has 0 heterocycles. The molecule has 0 aliphatic carbocycles. The first-order valence-electron chi connectivity index (χ1n) is 5.37. The van der Waals surface area contributed by atoms with Gasteiger partial charge in [-0.15, -0.1) is 0 Å². The Kier molecular flexibility index (Phi) is 6.36. The molecule has 5 nitrogen and oxygen atoms in total. The molecule has 1 unspecified atom stereocenters. The van der Waals surface area contributed by atoms with Gasteiger partial charge >= 0.3 is 51.9 Å². The summed E-state index contributed by atoms with van der Waals surface area (Å²) in [4.78, 5) is 0. The summed E-state index contributed by atoms with van der Waals surface area (Å²) in [6.45, 7) is 0. The second-order valence-electron chi connectivity index (χ2n) is 4.34. The Hall–Kier alpha value is -1.22. The molecule has 0 amide bonds. The Bertz CT molecular complexity index is 678. The van der Waals surface area contributed by atoms with Crippen molar-refractivity contribution in [3.05, 3.63) is 0 Å². The molecule has 0 saturated heterocycles. The van der Waals surface area contributed by atoms with Gasteiger partial charge in [0.15, 0.2) is 0 Å². The third-order valence-corrected chi connectivity index (χ3v) is 3.14. The average molecular weight is 482 g/mol. The van der Waals surface area contributed by atoms with E-state index in [9.17, 15) is 74.3 Å². The molecule has 0 aliphatic heterocycles. The lowest BCUT2D eigenvalue weighted by molar-refractivity contribution is -0.552. The molecule has 170 valence electrons. The standard InChI is InChI=1S/C7HF15O5S/c8-1(2(9,10)11,26-5(17,18)3(12,13)14)4(15,16)27-6(19,20)7(21,22)28(23,24)25/h(H,23,24,25). The van der Waals surface area contributed by atoms with Crippen LogP contribution in [-0.2, 0) is 19.6 Å². The first-order valence-corrected chi connectivity index (χ1v) is 6.81. The van der Waals surface area contributed by atoms with Crippen LogP contribution in [0.15, 0.2) is 0 Å². The van der Waals surface area contributed by atoms with Crippen molar-refractivity contribution in [2.75, 3.05) is 0 Å². The zero-order chi connectivity index (χ0) is 23.4. The van der Waals surface area contributed by atoms with Gasteiger partial charge in [-0.05, 0) is 0 Å². The number of ether oxygens (including phenoxy) is 2. The number of alkyl halides is 15. The Morgan fingerprint density at radius 3 is 1.14 bits per heavy atom. The van der Waals surface area contributed by atoms with Gasteiger partial charge in [-0.1, -0.05) is 0 Å². The molecule has 0 aromatic heterocycles. The van der Waals surface area contributed by atoms with Gasteiger partial charge in [0.25, 0.3) is 0 Å². The highest BCUT2D eigenvalue weighted by atomic mass is 32.2. The fraction of sp³-hybridized carbons (Fsp3) is 1.00. The van der Waals surface area contributed by atoms with Crippen LogP contribution in [0.5, 0.6) is 0 Å². The number of hydrogen-bond donors (Lipinski definition) is 1. The Balaban J connectivity index is 6.41. The Morgan fingerprint density at radius 1 is 0.536 bits per heavy atom. The van der Waals surface area contributed by atoms with Crippen molar-refractivity contribution in [1.29, 1.82) is 0 Å². The largest absolute Gasteiger partial charge is 0.483 e. The maximum absolute atomic E-state index is 13.3. The van der Waals surface area contributed by atoms with Crippen LogP contribution in [0.25, 0.3) is 0 Å². The third-order valence-electron chi connectivity index (χ3n) is 2.26. The van der Waals surface area contributed by atoms with Crippen molar-refractivity contribution in [1.82, 2.24) is 0 Å². The van der Waals surface area contributed by atoms with E-state index in [0.717, 1.165) is 0 Å². The summed E-state index contributed by atoms with van der Waals surface area (Å²) in [5.74, 6) is -7.89. The van der Waals surface area contributed by atoms with E-state index in [1.807, 2.05) is 0 Å². The lowest BCUT2D eigenvalue weighted by atomic mass is 10.2. The molecule has 0 fully saturated rings. The van der Waals surface area contributed by atoms with Crippen LogP contribution < -0.4 is 0 Å². The van der Waals surface area contributed by atoms with Gasteiger partial charge in [0.05, 0.1) is 0 Å². The maximum atomic E-state index is 13.3. The van der Waals surface area contributed by atoms with Gasteiger partial charge in [-0.25, -0.2) is 4.74 Å². The molecule has 0 bridgehead atoms. The molecule has 0 aliphatic rings. The van der Waals surface area contributed by atoms with Gasteiger partial charge < -0.3 is 0 Å². The van der Waals surface area contributed by atoms with Crippen molar-refractivity contribution in [2.45, 2.75) is 41.8 Å². The minimum atomic E-state index is -7.89. The summed E-state index contributed by atoms with van der Waals surface area (Å²) in [6.07, 6.45) is -38.0. The summed E-state index contributed by atoms with van der Waals surface area (Å²) >= 11 is 0. The summed E-state index contributed by atoms with van der Waals surface area (Å²) in [7, 11) is -7.49. The molecule has 1 atom stereocenters. The molecule has 28 heavy (non-hydrogen) atoms. The van der Waals surface area contributed by atoms with Crippen molar-refractivity contribution >= 4 is 10.1 Å². The number of rotatable bonds is 7. The van der Waals surface area contributed by atoms with E-state index in [1.54, 1.807) is 0 Å². The molecule has 0 spiro atoms. The van der Waals surface area contributed by atoms with Crippen LogP contribution >= 0.6 is 0 Å². The van der Waals surface area contributed by atoms with Crippen LogP contribution in [0.2, 0.25) is 0 Å². The summed E-state index contributed by atoms with van der Waals surface area (Å²) in [5, 5.41) is -7.26. The molecule has 0 rings (SSSR count). The van der Waals surface area contributed by atoms with Crippen molar-refractivity contribution in [3.63, 3.8) is 0 Å².